The van der Waals surface area contributed by atoms with Gasteiger partial charge < -0.3 is 20.3 Å². The minimum atomic E-state index is -0.419. The Morgan fingerprint density at radius 3 is 2.59 bits per heavy atom. The molecule has 10 heteroatoms. The summed E-state index contributed by atoms with van der Waals surface area (Å²) in [6.07, 6.45) is 9.05. The van der Waals surface area contributed by atoms with Gasteiger partial charge >= 0.3 is 0 Å². The number of halogens is 1. The molecular weight excluding hydrogens is 475 g/mol. The van der Waals surface area contributed by atoms with Crippen molar-refractivity contribution < 1.29 is 18.7 Å². The van der Waals surface area contributed by atoms with Crippen LogP contribution in [-0.4, -0.2) is 69.7 Å². The van der Waals surface area contributed by atoms with E-state index in [2.05, 4.69) is 20.7 Å². The smallest absolute Gasteiger partial charge is 0.255 e. The molecule has 5 rings (SSSR count). The molecule has 1 saturated carbocycles. The summed E-state index contributed by atoms with van der Waals surface area (Å²) in [5, 5.41) is 11.0. The Morgan fingerprint density at radius 2 is 1.89 bits per heavy atom. The second kappa shape index (κ2) is 10.8. The van der Waals surface area contributed by atoms with Gasteiger partial charge in [-0.3, -0.25) is 14.6 Å². The number of rotatable bonds is 6. The zero-order chi connectivity index (χ0) is 25.9. The maximum absolute atomic E-state index is 14.4. The minimum absolute atomic E-state index is 0.00220. The van der Waals surface area contributed by atoms with Crippen molar-refractivity contribution in [1.29, 1.82) is 0 Å². The molecule has 2 aliphatic rings. The van der Waals surface area contributed by atoms with Crippen LogP contribution in [0.4, 0.5) is 10.1 Å². The number of ether oxygens (including phenoxy) is 1. The molecule has 1 aliphatic carbocycles. The highest BCUT2D eigenvalue weighted by atomic mass is 19.1. The topological polar surface area (TPSA) is 101 Å². The van der Waals surface area contributed by atoms with Crippen LogP contribution in [0.1, 0.15) is 49.9 Å². The van der Waals surface area contributed by atoms with Gasteiger partial charge in [0.1, 0.15) is 5.82 Å². The lowest BCUT2D eigenvalue weighted by molar-refractivity contribution is -0.140. The molecule has 0 unspecified atom stereocenters. The van der Waals surface area contributed by atoms with Gasteiger partial charge in [-0.05, 0) is 51.7 Å². The number of aromatic nitrogens is 3. The van der Waals surface area contributed by atoms with E-state index >= 15 is 0 Å². The first-order valence-electron chi connectivity index (χ1n) is 13.0. The van der Waals surface area contributed by atoms with Crippen LogP contribution in [0.15, 0.2) is 36.9 Å². The molecular formula is C27H33FN6O3. The zero-order valence-electron chi connectivity index (χ0n) is 21.2. The molecule has 2 amide bonds. The van der Waals surface area contributed by atoms with Gasteiger partial charge in [-0.15, -0.1) is 0 Å². The Bertz CT molecular complexity index is 1280. The quantitative estimate of drug-likeness (QED) is 0.529. The van der Waals surface area contributed by atoms with Gasteiger partial charge in [0.15, 0.2) is 0 Å². The van der Waals surface area contributed by atoms with Gasteiger partial charge in [-0.25, -0.2) is 8.91 Å². The number of amides is 2. The fourth-order valence-corrected chi connectivity index (χ4v) is 5.22. The third kappa shape index (κ3) is 5.44. The predicted octanol–water partition coefficient (Wildman–Crippen LogP) is 3.50. The Morgan fingerprint density at radius 1 is 1.14 bits per heavy atom. The summed E-state index contributed by atoms with van der Waals surface area (Å²) in [6.45, 7) is 6.51. The summed E-state index contributed by atoms with van der Waals surface area (Å²) in [4.78, 5) is 32.0. The van der Waals surface area contributed by atoms with E-state index in [0.29, 0.717) is 54.2 Å². The lowest BCUT2D eigenvalue weighted by Crippen LogP contribution is -2.46. The van der Waals surface area contributed by atoms with Crippen LogP contribution < -0.4 is 10.6 Å². The lowest BCUT2D eigenvalue weighted by Gasteiger charge is -2.34. The monoisotopic (exact) mass is 508 g/mol. The molecule has 0 spiro atoms. The number of hydrogen-bond donors (Lipinski definition) is 2. The zero-order valence-corrected chi connectivity index (χ0v) is 21.2. The molecule has 37 heavy (non-hydrogen) atoms. The number of nitrogens with one attached hydrogen (secondary N) is 2. The molecule has 0 aromatic carbocycles. The summed E-state index contributed by atoms with van der Waals surface area (Å²) >= 11 is 0. The lowest BCUT2D eigenvalue weighted by atomic mass is 9.85. The molecule has 1 aliphatic heterocycles. The van der Waals surface area contributed by atoms with E-state index in [0.717, 1.165) is 25.7 Å². The first-order chi connectivity index (χ1) is 17.9. The number of carbonyl (C=O) groups is 2. The molecule has 0 atom stereocenters. The number of pyridine rings is 1. The number of carbonyl (C=O) groups excluding carboxylic acids is 2. The van der Waals surface area contributed by atoms with E-state index in [1.165, 1.54) is 6.20 Å². The van der Waals surface area contributed by atoms with Crippen molar-refractivity contribution in [3.8, 4) is 11.1 Å². The third-order valence-electron chi connectivity index (χ3n) is 7.13. The average Bonchev–Trinajstić information content (AvgIpc) is 3.34. The highest BCUT2D eigenvalue weighted by Crippen LogP contribution is 2.31. The third-order valence-corrected chi connectivity index (χ3v) is 7.13. The van der Waals surface area contributed by atoms with E-state index in [1.54, 1.807) is 29.2 Å². The van der Waals surface area contributed by atoms with Crippen molar-refractivity contribution in [3.63, 3.8) is 0 Å². The first kappa shape index (κ1) is 25.1. The number of morpholine rings is 1. The van der Waals surface area contributed by atoms with E-state index in [4.69, 9.17) is 4.74 Å². The Kier molecular flexibility index (Phi) is 7.36. The van der Waals surface area contributed by atoms with Crippen LogP contribution in [0, 0.1) is 11.7 Å². The van der Waals surface area contributed by atoms with Crippen LogP contribution in [0.2, 0.25) is 0 Å². The molecule has 1 saturated heterocycles. The van der Waals surface area contributed by atoms with Gasteiger partial charge in [0, 0.05) is 54.6 Å². The van der Waals surface area contributed by atoms with E-state index in [-0.39, 0.29) is 29.8 Å². The summed E-state index contributed by atoms with van der Waals surface area (Å²) in [5.41, 5.74) is 2.85. The number of hydrogen-bond acceptors (Lipinski definition) is 6. The average molecular weight is 509 g/mol. The molecule has 0 bridgehead atoms. The molecule has 3 aromatic rings. The fourth-order valence-electron chi connectivity index (χ4n) is 5.22. The van der Waals surface area contributed by atoms with Crippen LogP contribution in [0.5, 0.6) is 0 Å². The second-order valence-corrected chi connectivity index (χ2v) is 10.1. The maximum atomic E-state index is 14.4. The standard InChI is InChI=1S/C27H33FN6O3/c1-17(2)31-25-22(14-30-34-16-19(13-24(25)34)21-7-8-29-15-23(21)28)26(35)32-20-5-3-18(4-6-20)27(36)33-9-11-37-12-10-33/h7-8,13-18,20,31H,3-6,9-12H2,1-2H3,(H,32,35)/t18-,20-. The van der Waals surface area contributed by atoms with Crippen LogP contribution in [0.3, 0.4) is 0 Å². The summed E-state index contributed by atoms with van der Waals surface area (Å²) in [7, 11) is 0. The first-order valence-corrected chi connectivity index (χ1v) is 13.0. The number of nitrogens with zero attached hydrogens (tertiary/aromatic N) is 4. The van der Waals surface area contributed by atoms with Crippen molar-refractivity contribution in [3.05, 3.63) is 48.3 Å². The van der Waals surface area contributed by atoms with Crippen molar-refractivity contribution in [2.75, 3.05) is 31.6 Å². The molecule has 3 aromatic heterocycles. The van der Waals surface area contributed by atoms with Gasteiger partial charge in [0.05, 0.1) is 42.4 Å². The SMILES string of the molecule is CC(C)Nc1c(C(=O)N[C@H]2CC[C@H](C(=O)N3CCOCC3)CC2)cnn2cc(-c3ccncc3F)cc12. The van der Waals surface area contributed by atoms with Gasteiger partial charge in [-0.2, -0.15) is 5.10 Å². The molecule has 9 nitrogen and oxygen atoms in total. The second-order valence-electron chi connectivity index (χ2n) is 10.1. The summed E-state index contributed by atoms with van der Waals surface area (Å²) in [5.74, 6) is -0.410. The summed E-state index contributed by atoms with van der Waals surface area (Å²) < 4.78 is 21.4. The van der Waals surface area contributed by atoms with E-state index in [1.807, 2.05) is 24.8 Å². The number of anilines is 1. The summed E-state index contributed by atoms with van der Waals surface area (Å²) in [6, 6.07) is 3.51. The molecule has 196 valence electrons. The largest absolute Gasteiger partial charge is 0.380 e. The van der Waals surface area contributed by atoms with Gasteiger partial charge in [-0.1, -0.05) is 0 Å². The molecule has 2 fully saturated rings. The Labute approximate surface area is 215 Å². The van der Waals surface area contributed by atoms with Crippen molar-refractivity contribution >= 4 is 23.0 Å². The Balaban J connectivity index is 1.32. The van der Waals surface area contributed by atoms with Crippen molar-refractivity contribution in [1.82, 2.24) is 24.8 Å². The fraction of sp³-hybridized carbons (Fsp3) is 0.481. The van der Waals surface area contributed by atoms with Crippen molar-refractivity contribution in [2.24, 2.45) is 5.92 Å². The molecule has 0 radical (unpaired) electrons. The van der Waals surface area contributed by atoms with Crippen LogP contribution >= 0.6 is 0 Å². The molecule has 2 N–H and O–H groups in total. The predicted molar refractivity (Wildman–Crippen MR) is 138 cm³/mol. The van der Waals surface area contributed by atoms with Crippen LogP contribution in [-0.2, 0) is 9.53 Å². The van der Waals surface area contributed by atoms with E-state index in [9.17, 15) is 14.0 Å². The van der Waals surface area contributed by atoms with E-state index < -0.39 is 5.82 Å². The minimum Gasteiger partial charge on any atom is -0.380 e. The highest BCUT2D eigenvalue weighted by molar-refractivity contribution is 6.03. The molecule has 4 heterocycles. The van der Waals surface area contributed by atoms with Crippen LogP contribution in [0.25, 0.3) is 16.6 Å². The van der Waals surface area contributed by atoms with Crippen molar-refractivity contribution in [2.45, 2.75) is 51.6 Å². The Hall–Kier alpha value is -3.53. The van der Waals surface area contributed by atoms with Gasteiger partial charge in [0.25, 0.3) is 5.91 Å². The van der Waals surface area contributed by atoms with Gasteiger partial charge in [0.2, 0.25) is 5.91 Å². The number of fused-ring (bicyclic) bond motifs is 1. The highest BCUT2D eigenvalue weighted by Gasteiger charge is 2.31. The normalized spacial score (nSPS) is 20.3. The maximum Gasteiger partial charge on any atom is 0.255 e.